The molecule has 146 valence electrons. The van der Waals surface area contributed by atoms with Gasteiger partial charge in [0.2, 0.25) is 6.10 Å². The number of anilines is 1. The van der Waals surface area contributed by atoms with Crippen LogP contribution in [-0.2, 0) is 11.3 Å². The minimum absolute atomic E-state index is 0.0578. The lowest BCUT2D eigenvalue weighted by atomic mass is 10.1. The van der Waals surface area contributed by atoms with Crippen LogP contribution in [0, 0.1) is 0 Å². The number of carbonyl (C=O) groups excluding carboxylic acids is 1. The van der Waals surface area contributed by atoms with E-state index in [1.165, 1.54) is 18.5 Å². The zero-order valence-electron chi connectivity index (χ0n) is 15.8. The Morgan fingerprint density at radius 3 is 2.61 bits per heavy atom. The zero-order chi connectivity index (χ0) is 18.9. The van der Waals surface area contributed by atoms with E-state index in [-0.39, 0.29) is 12.5 Å². The summed E-state index contributed by atoms with van der Waals surface area (Å²) in [5.41, 5.74) is 2.26. The van der Waals surface area contributed by atoms with Crippen molar-refractivity contribution in [3.8, 4) is 17.2 Å². The van der Waals surface area contributed by atoms with Gasteiger partial charge in [0.05, 0.1) is 6.54 Å². The van der Waals surface area contributed by atoms with Crippen molar-refractivity contribution in [2.45, 2.75) is 25.5 Å². The topological polar surface area (TPSA) is 51.2 Å². The van der Waals surface area contributed by atoms with Gasteiger partial charge in [-0.2, -0.15) is 0 Å². The third-order valence-corrected chi connectivity index (χ3v) is 5.59. The molecule has 5 rings (SSSR count). The van der Waals surface area contributed by atoms with Crippen molar-refractivity contribution in [3.05, 3.63) is 48.0 Å². The maximum atomic E-state index is 13.1. The molecule has 2 aromatic rings. The lowest BCUT2D eigenvalue weighted by Gasteiger charge is -2.30. The van der Waals surface area contributed by atoms with Gasteiger partial charge in [0.15, 0.2) is 11.5 Å². The Morgan fingerprint density at radius 1 is 0.929 bits per heavy atom. The molecule has 28 heavy (non-hydrogen) atoms. The summed E-state index contributed by atoms with van der Waals surface area (Å²) in [4.78, 5) is 17.3. The van der Waals surface area contributed by atoms with Gasteiger partial charge in [-0.15, -0.1) is 0 Å². The minimum Gasteiger partial charge on any atom is -0.491 e. The first-order valence-corrected chi connectivity index (χ1v) is 9.96. The fourth-order valence-electron chi connectivity index (χ4n) is 4.09. The van der Waals surface area contributed by atoms with E-state index in [1.807, 2.05) is 35.2 Å². The summed E-state index contributed by atoms with van der Waals surface area (Å²) in [6.07, 6.45) is 1.84. The Morgan fingerprint density at radius 2 is 1.75 bits per heavy atom. The second-order valence-electron chi connectivity index (χ2n) is 7.46. The minimum atomic E-state index is -0.627. The Hall–Kier alpha value is -2.89. The van der Waals surface area contributed by atoms with Gasteiger partial charge in [0, 0.05) is 30.9 Å². The monoisotopic (exact) mass is 380 g/mol. The van der Waals surface area contributed by atoms with Crippen LogP contribution >= 0.6 is 0 Å². The molecule has 0 aliphatic carbocycles. The molecule has 0 bridgehead atoms. The Kier molecular flexibility index (Phi) is 4.47. The third kappa shape index (κ3) is 3.23. The average molecular weight is 380 g/mol. The van der Waals surface area contributed by atoms with E-state index in [2.05, 4.69) is 17.0 Å². The molecule has 2 aromatic carbocycles. The van der Waals surface area contributed by atoms with Crippen molar-refractivity contribution < 1.29 is 19.0 Å². The standard InChI is InChI=1S/C22H24N2O4/c25-22(21-15-27-19-5-1-2-6-20(19)28-21)24-11-12-26-18-8-7-17(13-16(18)14-24)23-9-3-4-10-23/h1-2,5-8,13,21H,3-4,9-12,14-15H2/t21-/m0/s1. The molecule has 3 heterocycles. The number of fused-ring (bicyclic) bond motifs is 2. The summed E-state index contributed by atoms with van der Waals surface area (Å²) in [6.45, 7) is 3.95. The SMILES string of the molecule is O=C([C@@H]1COc2ccccc2O1)N1CCOc2ccc(N3CCCC3)cc2C1. The fourth-order valence-corrected chi connectivity index (χ4v) is 4.09. The zero-order valence-corrected chi connectivity index (χ0v) is 15.8. The number of hydrogen-bond donors (Lipinski definition) is 0. The van der Waals surface area contributed by atoms with Crippen molar-refractivity contribution in [2.24, 2.45) is 0 Å². The lowest BCUT2D eigenvalue weighted by molar-refractivity contribution is -0.142. The van der Waals surface area contributed by atoms with Gasteiger partial charge in [0.25, 0.3) is 5.91 Å². The van der Waals surface area contributed by atoms with Gasteiger partial charge in [0.1, 0.15) is 19.0 Å². The van der Waals surface area contributed by atoms with Gasteiger partial charge >= 0.3 is 0 Å². The molecule has 1 amide bonds. The third-order valence-electron chi connectivity index (χ3n) is 5.59. The van der Waals surface area contributed by atoms with E-state index in [4.69, 9.17) is 14.2 Å². The van der Waals surface area contributed by atoms with Crippen molar-refractivity contribution in [1.29, 1.82) is 0 Å². The number of benzene rings is 2. The summed E-state index contributed by atoms with van der Waals surface area (Å²) in [5, 5.41) is 0. The predicted octanol–water partition coefficient (Wildman–Crippen LogP) is 2.85. The first-order valence-electron chi connectivity index (χ1n) is 9.96. The molecule has 0 saturated carbocycles. The van der Waals surface area contributed by atoms with E-state index in [0.29, 0.717) is 31.2 Å². The lowest BCUT2D eigenvalue weighted by Crippen LogP contribution is -2.46. The number of ether oxygens (including phenoxy) is 3. The van der Waals surface area contributed by atoms with Crippen LogP contribution in [0.2, 0.25) is 0 Å². The largest absolute Gasteiger partial charge is 0.491 e. The van der Waals surface area contributed by atoms with Crippen LogP contribution in [0.3, 0.4) is 0 Å². The molecule has 3 aliphatic rings. The second-order valence-corrected chi connectivity index (χ2v) is 7.46. The van der Waals surface area contributed by atoms with Gasteiger partial charge in [-0.05, 0) is 43.2 Å². The highest BCUT2D eigenvalue weighted by molar-refractivity contribution is 5.82. The first kappa shape index (κ1) is 17.2. The second kappa shape index (κ2) is 7.26. The van der Waals surface area contributed by atoms with Gasteiger partial charge < -0.3 is 24.0 Å². The number of nitrogens with zero attached hydrogens (tertiary/aromatic N) is 2. The van der Waals surface area contributed by atoms with Crippen LogP contribution in [0.15, 0.2) is 42.5 Å². The van der Waals surface area contributed by atoms with Crippen LogP contribution in [0.1, 0.15) is 18.4 Å². The number of amides is 1. The first-order chi connectivity index (χ1) is 13.8. The van der Waals surface area contributed by atoms with E-state index in [9.17, 15) is 4.79 Å². The molecule has 0 spiro atoms. The van der Waals surface area contributed by atoms with Crippen LogP contribution in [-0.4, -0.2) is 49.8 Å². The molecule has 1 saturated heterocycles. The Balaban J connectivity index is 1.34. The molecular formula is C22H24N2O4. The number of para-hydroxylation sites is 2. The highest BCUT2D eigenvalue weighted by Crippen LogP contribution is 2.33. The van der Waals surface area contributed by atoms with E-state index < -0.39 is 6.10 Å². The molecule has 0 aromatic heterocycles. The van der Waals surface area contributed by atoms with Crippen LogP contribution < -0.4 is 19.1 Å². The summed E-state index contributed by atoms with van der Waals surface area (Å²) < 4.78 is 17.5. The molecule has 6 heteroatoms. The van der Waals surface area contributed by atoms with Crippen LogP contribution in [0.25, 0.3) is 0 Å². The van der Waals surface area contributed by atoms with Crippen molar-refractivity contribution in [1.82, 2.24) is 4.90 Å². The van der Waals surface area contributed by atoms with Crippen molar-refractivity contribution in [2.75, 3.05) is 37.7 Å². The molecule has 6 nitrogen and oxygen atoms in total. The number of rotatable bonds is 2. The molecule has 0 N–H and O–H groups in total. The quantitative estimate of drug-likeness (QED) is 0.802. The molecule has 3 aliphatic heterocycles. The van der Waals surface area contributed by atoms with Crippen molar-refractivity contribution in [3.63, 3.8) is 0 Å². The van der Waals surface area contributed by atoms with Crippen LogP contribution in [0.5, 0.6) is 17.2 Å². The van der Waals surface area contributed by atoms with E-state index in [0.717, 1.165) is 24.4 Å². The smallest absolute Gasteiger partial charge is 0.267 e. The average Bonchev–Trinajstić information content (AvgIpc) is 3.19. The normalized spacial score (nSPS) is 20.9. The number of hydrogen-bond acceptors (Lipinski definition) is 5. The van der Waals surface area contributed by atoms with Gasteiger partial charge in [-0.1, -0.05) is 12.1 Å². The number of carbonyl (C=O) groups is 1. The molecule has 0 radical (unpaired) electrons. The summed E-state index contributed by atoms with van der Waals surface area (Å²) >= 11 is 0. The van der Waals surface area contributed by atoms with Gasteiger partial charge in [-0.25, -0.2) is 0 Å². The highest BCUT2D eigenvalue weighted by atomic mass is 16.6. The summed E-state index contributed by atoms with van der Waals surface area (Å²) in [5.74, 6) is 2.11. The van der Waals surface area contributed by atoms with E-state index in [1.54, 1.807) is 0 Å². The Labute approximate surface area is 164 Å². The molecular weight excluding hydrogens is 356 g/mol. The summed E-state index contributed by atoms with van der Waals surface area (Å²) in [6, 6.07) is 13.8. The van der Waals surface area contributed by atoms with Crippen LogP contribution in [0.4, 0.5) is 5.69 Å². The maximum absolute atomic E-state index is 13.1. The van der Waals surface area contributed by atoms with Gasteiger partial charge in [-0.3, -0.25) is 4.79 Å². The molecule has 0 unspecified atom stereocenters. The maximum Gasteiger partial charge on any atom is 0.267 e. The Bertz CT molecular complexity index is 879. The van der Waals surface area contributed by atoms with E-state index >= 15 is 0 Å². The fraction of sp³-hybridized carbons (Fsp3) is 0.409. The van der Waals surface area contributed by atoms with Crippen molar-refractivity contribution >= 4 is 11.6 Å². The molecule has 1 atom stereocenters. The highest BCUT2D eigenvalue weighted by Gasteiger charge is 2.32. The predicted molar refractivity (Wildman–Crippen MR) is 105 cm³/mol. The molecule has 1 fully saturated rings. The summed E-state index contributed by atoms with van der Waals surface area (Å²) in [7, 11) is 0.